The van der Waals surface area contributed by atoms with Gasteiger partial charge in [0.15, 0.2) is 4.96 Å². The van der Waals surface area contributed by atoms with Crippen molar-refractivity contribution in [3.63, 3.8) is 0 Å². The van der Waals surface area contributed by atoms with Crippen molar-refractivity contribution in [3.05, 3.63) is 59.1 Å². The number of likely N-dealkylation sites (N-methyl/N-ethyl adjacent to an activating group) is 1. The summed E-state index contributed by atoms with van der Waals surface area (Å²) in [7, 11) is 1.89. The molecule has 0 unspecified atom stereocenters. The van der Waals surface area contributed by atoms with E-state index in [0.29, 0.717) is 24.2 Å². The maximum atomic E-state index is 14.4. The number of nitrogens with zero attached hydrogens (tertiary/aromatic N) is 3. The van der Waals surface area contributed by atoms with Crippen LogP contribution in [0.2, 0.25) is 0 Å². The van der Waals surface area contributed by atoms with E-state index in [1.807, 2.05) is 34.0 Å². The molecular weight excluding hydrogens is 367 g/mol. The minimum Gasteiger partial charge on any atom is -0.395 e. The molecule has 27 heavy (non-hydrogen) atoms. The molecule has 0 aliphatic carbocycles. The van der Waals surface area contributed by atoms with E-state index in [9.17, 15) is 14.3 Å². The van der Waals surface area contributed by atoms with Crippen molar-refractivity contribution in [2.24, 2.45) is 5.92 Å². The molecule has 1 aromatic carbocycles. The maximum absolute atomic E-state index is 14.4. The summed E-state index contributed by atoms with van der Waals surface area (Å²) in [5.41, 5.74) is 0.965. The van der Waals surface area contributed by atoms with E-state index in [1.54, 1.807) is 18.3 Å². The van der Waals surface area contributed by atoms with Crippen molar-refractivity contribution in [1.82, 2.24) is 19.6 Å². The number of fused-ring (bicyclic) bond motifs is 1. The molecule has 1 fully saturated rings. The molecule has 6 nitrogen and oxygen atoms in total. The average Bonchev–Trinajstić information content (AvgIpc) is 3.33. The van der Waals surface area contributed by atoms with Gasteiger partial charge in [-0.25, -0.2) is 9.37 Å². The Balaban J connectivity index is 1.51. The number of benzene rings is 1. The number of amides is 1. The van der Waals surface area contributed by atoms with Crippen LogP contribution in [0.15, 0.2) is 42.0 Å². The molecule has 1 amide bonds. The number of imidazole rings is 1. The van der Waals surface area contributed by atoms with Crippen LogP contribution >= 0.6 is 11.3 Å². The summed E-state index contributed by atoms with van der Waals surface area (Å²) in [6.45, 7) is 0.396. The smallest absolute Gasteiger partial charge is 0.271 e. The lowest BCUT2D eigenvalue weighted by Crippen LogP contribution is -2.34. The van der Waals surface area contributed by atoms with Gasteiger partial charge in [0.2, 0.25) is 0 Å². The highest BCUT2D eigenvalue weighted by atomic mass is 32.1. The molecule has 3 atom stereocenters. The zero-order valence-electron chi connectivity index (χ0n) is 14.9. The lowest BCUT2D eigenvalue weighted by molar-refractivity contribution is 0.0938. The Hall–Kier alpha value is -2.29. The second-order valence-electron chi connectivity index (χ2n) is 6.89. The van der Waals surface area contributed by atoms with Crippen LogP contribution in [0.4, 0.5) is 4.39 Å². The number of carbonyl (C=O) groups excluding carboxylic acids is 1. The van der Waals surface area contributed by atoms with Gasteiger partial charge < -0.3 is 10.4 Å². The first-order valence-corrected chi connectivity index (χ1v) is 9.74. The third-order valence-corrected chi connectivity index (χ3v) is 6.09. The number of nitrogens with one attached hydrogen (secondary N) is 1. The SMILES string of the molecule is CN1[C@@H](CO)C[C@@H](CNC(=O)c2cn3ccsc3n2)[C@H]1c1ccccc1F. The van der Waals surface area contributed by atoms with Crippen molar-refractivity contribution < 1.29 is 14.3 Å². The van der Waals surface area contributed by atoms with Crippen molar-refractivity contribution in [2.75, 3.05) is 20.2 Å². The number of aromatic nitrogens is 2. The number of thiazole rings is 1. The molecule has 1 saturated heterocycles. The van der Waals surface area contributed by atoms with Crippen molar-refractivity contribution >= 4 is 22.2 Å². The fraction of sp³-hybridized carbons (Fsp3) is 0.368. The molecule has 8 heteroatoms. The Bertz CT molecular complexity index is 927. The molecule has 2 aromatic heterocycles. The van der Waals surface area contributed by atoms with Gasteiger partial charge in [-0.2, -0.15) is 0 Å². The van der Waals surface area contributed by atoms with Gasteiger partial charge in [0, 0.05) is 42.0 Å². The number of likely N-dealkylation sites (tertiary alicyclic amines) is 1. The van der Waals surface area contributed by atoms with Crippen LogP contribution in [-0.2, 0) is 0 Å². The Morgan fingerprint density at radius 1 is 1.44 bits per heavy atom. The summed E-state index contributed by atoms with van der Waals surface area (Å²) in [5, 5.41) is 14.5. The fourth-order valence-electron chi connectivity index (χ4n) is 3.94. The summed E-state index contributed by atoms with van der Waals surface area (Å²) in [4.78, 5) is 19.6. The van der Waals surface area contributed by atoms with Crippen LogP contribution in [-0.4, -0.2) is 51.5 Å². The zero-order chi connectivity index (χ0) is 19.0. The van der Waals surface area contributed by atoms with E-state index in [1.165, 1.54) is 17.4 Å². The number of rotatable bonds is 5. The Morgan fingerprint density at radius 3 is 3.00 bits per heavy atom. The summed E-state index contributed by atoms with van der Waals surface area (Å²) in [5.74, 6) is -0.511. The van der Waals surface area contributed by atoms with Gasteiger partial charge >= 0.3 is 0 Å². The van der Waals surface area contributed by atoms with Gasteiger partial charge in [-0.05, 0) is 25.5 Å². The van der Waals surface area contributed by atoms with Crippen molar-refractivity contribution in [1.29, 1.82) is 0 Å². The minimum atomic E-state index is -0.265. The minimum absolute atomic E-state index is 0.00303. The van der Waals surface area contributed by atoms with Crippen LogP contribution in [0.25, 0.3) is 4.96 Å². The van der Waals surface area contributed by atoms with E-state index in [4.69, 9.17) is 0 Å². The largest absolute Gasteiger partial charge is 0.395 e. The van der Waals surface area contributed by atoms with Gasteiger partial charge in [0.1, 0.15) is 11.5 Å². The van der Waals surface area contributed by atoms with Gasteiger partial charge in [-0.1, -0.05) is 18.2 Å². The molecule has 0 radical (unpaired) electrons. The predicted octanol–water partition coefficient (Wildman–Crippen LogP) is 2.32. The van der Waals surface area contributed by atoms with Crippen LogP contribution in [0.1, 0.15) is 28.5 Å². The number of aliphatic hydroxyl groups is 1. The van der Waals surface area contributed by atoms with E-state index in [2.05, 4.69) is 10.3 Å². The van der Waals surface area contributed by atoms with Gasteiger partial charge in [-0.3, -0.25) is 14.1 Å². The van der Waals surface area contributed by atoms with Gasteiger partial charge in [0.25, 0.3) is 5.91 Å². The normalized spacial score (nSPS) is 23.1. The maximum Gasteiger partial charge on any atom is 0.271 e. The number of halogens is 1. The Morgan fingerprint density at radius 2 is 2.26 bits per heavy atom. The van der Waals surface area contributed by atoms with Crippen LogP contribution in [0.5, 0.6) is 0 Å². The lowest BCUT2D eigenvalue weighted by Gasteiger charge is -2.28. The predicted molar refractivity (Wildman–Crippen MR) is 101 cm³/mol. The molecule has 3 heterocycles. The quantitative estimate of drug-likeness (QED) is 0.704. The highest BCUT2D eigenvalue weighted by molar-refractivity contribution is 7.15. The summed E-state index contributed by atoms with van der Waals surface area (Å²) in [6, 6.07) is 6.44. The highest BCUT2D eigenvalue weighted by Gasteiger charge is 2.40. The van der Waals surface area contributed by atoms with Crippen molar-refractivity contribution in [2.45, 2.75) is 18.5 Å². The molecule has 0 spiro atoms. The topological polar surface area (TPSA) is 69.9 Å². The standard InChI is InChI=1S/C19H21FN4O2S/c1-23-13(11-25)8-12(17(23)14-4-2-3-5-15(14)20)9-21-18(26)16-10-24-6-7-27-19(24)22-16/h2-7,10,12-13,17,25H,8-9,11H2,1H3,(H,21,26)/t12-,13+,17-/m0/s1. The second kappa shape index (κ2) is 7.38. The fourth-order valence-corrected chi connectivity index (χ4v) is 4.64. The molecule has 4 rings (SSSR count). The first-order chi connectivity index (χ1) is 13.1. The zero-order valence-corrected chi connectivity index (χ0v) is 15.7. The monoisotopic (exact) mass is 388 g/mol. The molecule has 2 N–H and O–H groups in total. The Kier molecular flexibility index (Phi) is 4.94. The first kappa shape index (κ1) is 18.1. The third-order valence-electron chi connectivity index (χ3n) is 5.32. The number of hydrogen-bond acceptors (Lipinski definition) is 5. The van der Waals surface area contributed by atoms with Gasteiger partial charge in [0.05, 0.1) is 6.61 Å². The molecular formula is C19H21FN4O2S. The van der Waals surface area contributed by atoms with E-state index in [0.717, 1.165) is 4.96 Å². The number of hydrogen-bond donors (Lipinski definition) is 2. The van der Waals surface area contributed by atoms with E-state index >= 15 is 0 Å². The lowest BCUT2D eigenvalue weighted by atomic mass is 9.92. The number of aliphatic hydroxyl groups excluding tert-OH is 1. The third kappa shape index (κ3) is 3.36. The summed E-state index contributed by atoms with van der Waals surface area (Å²) in [6.07, 6.45) is 4.24. The van der Waals surface area contributed by atoms with Crippen LogP contribution < -0.4 is 5.32 Å². The van der Waals surface area contributed by atoms with E-state index in [-0.39, 0.29) is 36.3 Å². The molecule has 1 aliphatic heterocycles. The average molecular weight is 388 g/mol. The molecule has 142 valence electrons. The highest BCUT2D eigenvalue weighted by Crippen LogP contribution is 2.40. The summed E-state index contributed by atoms with van der Waals surface area (Å²) < 4.78 is 16.2. The summed E-state index contributed by atoms with van der Waals surface area (Å²) >= 11 is 1.47. The van der Waals surface area contributed by atoms with Gasteiger partial charge in [-0.15, -0.1) is 11.3 Å². The van der Waals surface area contributed by atoms with Crippen LogP contribution in [0.3, 0.4) is 0 Å². The number of carbonyl (C=O) groups is 1. The van der Waals surface area contributed by atoms with Crippen LogP contribution in [0, 0.1) is 11.7 Å². The second-order valence-corrected chi connectivity index (χ2v) is 7.77. The molecule has 0 saturated carbocycles. The molecule has 3 aromatic rings. The first-order valence-electron chi connectivity index (χ1n) is 8.86. The molecule has 0 bridgehead atoms. The van der Waals surface area contributed by atoms with E-state index < -0.39 is 0 Å². The molecule has 1 aliphatic rings. The Labute approximate surface area is 160 Å². The van der Waals surface area contributed by atoms with Crippen molar-refractivity contribution in [3.8, 4) is 0 Å².